The van der Waals surface area contributed by atoms with Gasteiger partial charge in [0.25, 0.3) is 11.4 Å². The number of hydrogen-bond acceptors (Lipinski definition) is 11. The molecule has 4 aromatic rings. The van der Waals surface area contributed by atoms with Crippen molar-refractivity contribution < 1.29 is 9.85 Å². The largest absolute Gasteiger partial charge is 0.370 e. The second-order valence-corrected chi connectivity index (χ2v) is 10.7. The lowest BCUT2D eigenvalue weighted by Crippen LogP contribution is -2.33. The molecule has 0 atom stereocenters. The number of azo groups is 1. The van der Waals surface area contributed by atoms with E-state index in [1.807, 2.05) is 36.4 Å². The van der Waals surface area contributed by atoms with Gasteiger partial charge in [0, 0.05) is 80.2 Å². The fourth-order valence-corrected chi connectivity index (χ4v) is 4.84. The quantitative estimate of drug-likeness (QED) is 0.0652. The first-order valence-electron chi connectivity index (χ1n) is 14.9. The summed E-state index contributed by atoms with van der Waals surface area (Å²) in [5, 5.41) is 39.5. The number of nitro benzene ring substituents is 2. The first kappa shape index (κ1) is 32.2. The normalized spacial score (nSPS) is 12.6. The van der Waals surface area contributed by atoms with Gasteiger partial charge in [-0.1, -0.05) is 12.1 Å². The summed E-state index contributed by atoms with van der Waals surface area (Å²) in [6.45, 7) is 5.84. The molecule has 0 bridgehead atoms. The van der Waals surface area contributed by atoms with E-state index in [-0.39, 0.29) is 11.4 Å². The molecule has 5 rings (SSSR count). The molecule has 238 valence electrons. The standard InChI is InChI=1S/C34H33N9O4/c1-3-41(23-22-40-21-20-39(2)25-40)31-18-12-30(13-19-31)37-36-29-10-4-26(5-11-29)24-35-38-34(27-6-14-32(15-7-27)42(44)45)28-8-16-33(17-9-28)43(46)47/h4-21,24H,3,22-23,25H2,1-2H3/b35-24+,37-36+. The van der Waals surface area contributed by atoms with Gasteiger partial charge in [-0.15, -0.1) is 5.10 Å². The van der Waals surface area contributed by atoms with E-state index < -0.39 is 9.85 Å². The van der Waals surface area contributed by atoms with Crippen LogP contribution in [0, 0.1) is 20.2 Å². The van der Waals surface area contributed by atoms with Crippen molar-refractivity contribution in [2.45, 2.75) is 6.92 Å². The van der Waals surface area contributed by atoms with Crippen LogP contribution in [0.2, 0.25) is 0 Å². The van der Waals surface area contributed by atoms with Gasteiger partial charge in [0.1, 0.15) is 5.71 Å². The highest BCUT2D eigenvalue weighted by molar-refractivity contribution is 6.13. The SMILES string of the molecule is CCN(CCN1C=CN(C)C1)c1ccc(/N=N/c2ccc(/C=N/N=C(c3ccc([N+](=O)[O-])cc3)c3ccc([N+](=O)[O-])cc3)cc2)cc1. The predicted molar refractivity (Wildman–Crippen MR) is 183 cm³/mol. The highest BCUT2D eigenvalue weighted by atomic mass is 16.6. The molecule has 0 aromatic heterocycles. The van der Waals surface area contributed by atoms with Gasteiger partial charge >= 0.3 is 0 Å². The van der Waals surface area contributed by atoms with Gasteiger partial charge in [0.2, 0.25) is 0 Å². The lowest BCUT2D eigenvalue weighted by molar-refractivity contribution is -0.385. The minimum Gasteiger partial charge on any atom is -0.370 e. The molecular formula is C34H33N9O4. The van der Waals surface area contributed by atoms with Crippen molar-refractivity contribution in [3.8, 4) is 0 Å². The van der Waals surface area contributed by atoms with Crippen LogP contribution in [0.25, 0.3) is 0 Å². The summed E-state index contributed by atoms with van der Waals surface area (Å²) >= 11 is 0. The van der Waals surface area contributed by atoms with Gasteiger partial charge in [-0.05, 0) is 73.2 Å². The molecule has 0 unspecified atom stereocenters. The molecule has 0 N–H and O–H groups in total. The fourth-order valence-electron chi connectivity index (χ4n) is 4.84. The molecule has 1 aliphatic rings. The summed E-state index contributed by atoms with van der Waals surface area (Å²) in [7, 11) is 2.07. The molecule has 1 heterocycles. The summed E-state index contributed by atoms with van der Waals surface area (Å²) in [5.74, 6) is 0. The lowest BCUT2D eigenvalue weighted by atomic mass is 10.0. The average molecular weight is 632 g/mol. The van der Waals surface area contributed by atoms with Gasteiger partial charge in [-0.2, -0.15) is 15.3 Å². The molecule has 0 saturated carbocycles. The smallest absolute Gasteiger partial charge is 0.269 e. The molecule has 13 heteroatoms. The van der Waals surface area contributed by atoms with E-state index in [1.165, 1.54) is 24.3 Å². The van der Waals surface area contributed by atoms with E-state index in [1.54, 1.807) is 30.5 Å². The third-order valence-corrected chi connectivity index (χ3v) is 7.43. The van der Waals surface area contributed by atoms with Gasteiger partial charge in [0.05, 0.1) is 34.1 Å². The van der Waals surface area contributed by atoms with E-state index in [0.717, 1.165) is 43.2 Å². The van der Waals surface area contributed by atoms with Crippen molar-refractivity contribution in [3.05, 3.63) is 146 Å². The van der Waals surface area contributed by atoms with Crippen LogP contribution in [0.4, 0.5) is 28.4 Å². The van der Waals surface area contributed by atoms with Crippen molar-refractivity contribution in [1.82, 2.24) is 9.80 Å². The third kappa shape index (κ3) is 8.69. The van der Waals surface area contributed by atoms with E-state index in [9.17, 15) is 20.2 Å². The van der Waals surface area contributed by atoms with Crippen LogP contribution in [0.1, 0.15) is 23.6 Å². The van der Waals surface area contributed by atoms with Crippen LogP contribution >= 0.6 is 0 Å². The zero-order valence-corrected chi connectivity index (χ0v) is 26.0. The van der Waals surface area contributed by atoms with Crippen molar-refractivity contribution in [2.75, 3.05) is 38.3 Å². The summed E-state index contributed by atoms with van der Waals surface area (Å²) in [6, 6.07) is 27.1. The number of non-ortho nitro benzene ring substituents is 2. The summed E-state index contributed by atoms with van der Waals surface area (Å²) in [6.07, 6.45) is 5.77. The Morgan fingerprint density at radius 1 is 0.787 bits per heavy atom. The first-order valence-corrected chi connectivity index (χ1v) is 14.9. The van der Waals surface area contributed by atoms with E-state index in [0.29, 0.717) is 22.5 Å². The molecular weight excluding hydrogens is 598 g/mol. The van der Waals surface area contributed by atoms with Crippen molar-refractivity contribution >= 4 is 40.4 Å². The molecule has 0 amide bonds. The number of anilines is 1. The molecule has 0 radical (unpaired) electrons. The summed E-state index contributed by atoms with van der Waals surface area (Å²) < 4.78 is 0. The second kappa shape index (κ2) is 15.2. The fraction of sp³-hybridized carbons (Fsp3) is 0.176. The summed E-state index contributed by atoms with van der Waals surface area (Å²) in [4.78, 5) is 28.0. The predicted octanol–water partition coefficient (Wildman–Crippen LogP) is 7.29. The van der Waals surface area contributed by atoms with Crippen LogP contribution in [-0.2, 0) is 0 Å². The average Bonchev–Trinajstić information content (AvgIpc) is 3.52. The number of likely N-dealkylation sites (N-methyl/N-ethyl adjacent to an activating group) is 1. The van der Waals surface area contributed by atoms with Crippen LogP contribution in [0.5, 0.6) is 0 Å². The molecule has 4 aromatic carbocycles. The Morgan fingerprint density at radius 2 is 1.32 bits per heavy atom. The first-order chi connectivity index (χ1) is 22.8. The maximum Gasteiger partial charge on any atom is 0.269 e. The second-order valence-electron chi connectivity index (χ2n) is 10.7. The number of hydrogen-bond donors (Lipinski definition) is 0. The number of nitrogens with zero attached hydrogens (tertiary/aromatic N) is 9. The monoisotopic (exact) mass is 631 g/mol. The van der Waals surface area contributed by atoms with Gasteiger partial charge in [0.15, 0.2) is 0 Å². The van der Waals surface area contributed by atoms with Crippen LogP contribution in [0.3, 0.4) is 0 Å². The third-order valence-electron chi connectivity index (χ3n) is 7.43. The maximum atomic E-state index is 11.1. The Labute approximate surface area is 271 Å². The maximum absolute atomic E-state index is 11.1. The highest BCUT2D eigenvalue weighted by Gasteiger charge is 2.13. The molecule has 47 heavy (non-hydrogen) atoms. The Kier molecular flexibility index (Phi) is 10.4. The molecule has 13 nitrogen and oxygen atoms in total. The zero-order valence-electron chi connectivity index (χ0n) is 26.0. The molecule has 1 aliphatic heterocycles. The van der Waals surface area contributed by atoms with Gasteiger partial charge < -0.3 is 14.7 Å². The van der Waals surface area contributed by atoms with Crippen molar-refractivity contribution in [2.24, 2.45) is 20.4 Å². The molecule has 0 aliphatic carbocycles. The molecule has 0 fully saturated rings. The topological polar surface area (TPSA) is 145 Å². The lowest BCUT2D eigenvalue weighted by Gasteiger charge is -2.26. The minimum atomic E-state index is -0.487. The highest BCUT2D eigenvalue weighted by Crippen LogP contribution is 2.23. The van der Waals surface area contributed by atoms with Crippen molar-refractivity contribution in [1.29, 1.82) is 0 Å². The number of rotatable bonds is 13. The molecule has 0 spiro atoms. The number of benzene rings is 4. The van der Waals surface area contributed by atoms with E-state index in [2.05, 4.69) is 73.6 Å². The summed E-state index contributed by atoms with van der Waals surface area (Å²) in [5.41, 5.74) is 4.74. The zero-order chi connectivity index (χ0) is 33.2. The van der Waals surface area contributed by atoms with Gasteiger partial charge in [-0.3, -0.25) is 20.2 Å². The van der Waals surface area contributed by atoms with Gasteiger partial charge in [-0.25, -0.2) is 0 Å². The van der Waals surface area contributed by atoms with Crippen LogP contribution < -0.4 is 4.90 Å². The van der Waals surface area contributed by atoms with E-state index in [4.69, 9.17) is 0 Å². The Hall–Kier alpha value is -6.24. The Bertz CT molecular complexity index is 1740. The Balaban J connectivity index is 1.24. The van der Waals surface area contributed by atoms with Crippen LogP contribution in [-0.4, -0.2) is 64.9 Å². The van der Waals surface area contributed by atoms with Crippen LogP contribution in [0.15, 0.2) is 130 Å². The Morgan fingerprint density at radius 3 is 1.79 bits per heavy atom. The minimum absolute atomic E-state index is 0.0625. The van der Waals surface area contributed by atoms with Crippen molar-refractivity contribution in [3.63, 3.8) is 0 Å². The van der Waals surface area contributed by atoms with E-state index >= 15 is 0 Å². The number of nitro groups is 2. The molecule has 0 saturated heterocycles.